The van der Waals surface area contributed by atoms with E-state index in [-0.39, 0.29) is 29.9 Å². The zero-order chi connectivity index (χ0) is 25.7. The van der Waals surface area contributed by atoms with Crippen molar-refractivity contribution in [1.82, 2.24) is 9.21 Å². The zero-order valence-electron chi connectivity index (χ0n) is 20.8. The van der Waals surface area contributed by atoms with Gasteiger partial charge in [-0.05, 0) is 71.8 Å². The second kappa shape index (κ2) is 11.5. The van der Waals surface area contributed by atoms with E-state index in [1.165, 1.54) is 28.4 Å². The van der Waals surface area contributed by atoms with Crippen LogP contribution >= 0.6 is 11.3 Å². The van der Waals surface area contributed by atoms with E-state index in [2.05, 4.69) is 11.4 Å². The smallest absolute Gasteiger partial charge is 0.243 e. The molecule has 0 saturated heterocycles. The number of unbranched alkanes of at least 4 members (excludes halogenated alkanes) is 1. The summed E-state index contributed by atoms with van der Waals surface area (Å²) >= 11 is 1.70. The maximum absolute atomic E-state index is 13.8. The molecule has 2 aromatic carbocycles. The molecule has 1 amide bonds. The monoisotopic (exact) mass is 528 g/mol. The highest BCUT2D eigenvalue weighted by atomic mass is 32.2. The zero-order valence-corrected chi connectivity index (χ0v) is 22.5. The van der Waals surface area contributed by atoms with E-state index in [1.807, 2.05) is 36.1 Å². The van der Waals surface area contributed by atoms with Gasteiger partial charge in [-0.25, -0.2) is 8.42 Å². The number of fused-ring (bicyclic) bond motifs is 1. The summed E-state index contributed by atoms with van der Waals surface area (Å²) < 4.78 is 38.9. The Morgan fingerprint density at radius 1 is 1.03 bits per heavy atom. The van der Waals surface area contributed by atoms with Crippen LogP contribution in [0.5, 0.6) is 11.5 Å². The fourth-order valence-corrected chi connectivity index (χ4v) is 6.82. The number of thiophene rings is 1. The van der Waals surface area contributed by atoms with E-state index in [0.717, 1.165) is 29.7 Å². The van der Waals surface area contributed by atoms with Crippen LogP contribution in [0, 0.1) is 0 Å². The second-order valence-electron chi connectivity index (χ2n) is 8.68. The Morgan fingerprint density at radius 3 is 2.28 bits per heavy atom. The molecule has 2 heterocycles. The molecule has 0 fully saturated rings. The van der Waals surface area contributed by atoms with Gasteiger partial charge in [0.1, 0.15) is 11.5 Å². The lowest BCUT2D eigenvalue weighted by atomic mass is 9.93. The molecule has 0 bridgehead atoms. The maximum atomic E-state index is 13.8. The van der Waals surface area contributed by atoms with Gasteiger partial charge in [0.2, 0.25) is 15.9 Å². The number of benzene rings is 2. The minimum Gasteiger partial charge on any atom is -0.497 e. The first-order valence-corrected chi connectivity index (χ1v) is 14.3. The number of nitrogens with zero attached hydrogens (tertiary/aromatic N) is 2. The molecule has 9 heteroatoms. The SMILES string of the molecule is CCCCN(CC(=O)N1CCc2sccc2C1c1ccc(OC)cc1)S(=O)(=O)c1ccc(OC)cc1. The normalized spacial score (nSPS) is 15.6. The van der Waals surface area contributed by atoms with Crippen LogP contribution in [-0.2, 0) is 21.2 Å². The van der Waals surface area contributed by atoms with Gasteiger partial charge in [-0.3, -0.25) is 4.79 Å². The van der Waals surface area contributed by atoms with Gasteiger partial charge in [0.25, 0.3) is 0 Å². The minimum absolute atomic E-state index is 0.151. The molecule has 0 aliphatic carbocycles. The summed E-state index contributed by atoms with van der Waals surface area (Å²) in [6.07, 6.45) is 2.24. The number of sulfonamides is 1. The van der Waals surface area contributed by atoms with Crippen LogP contribution < -0.4 is 9.47 Å². The molecule has 0 radical (unpaired) electrons. The van der Waals surface area contributed by atoms with Crippen molar-refractivity contribution in [3.8, 4) is 11.5 Å². The van der Waals surface area contributed by atoms with Gasteiger partial charge in [-0.15, -0.1) is 11.3 Å². The lowest BCUT2D eigenvalue weighted by Crippen LogP contribution is -2.47. The van der Waals surface area contributed by atoms with Crippen molar-refractivity contribution in [3.05, 3.63) is 76.0 Å². The van der Waals surface area contributed by atoms with Crippen molar-refractivity contribution in [2.24, 2.45) is 0 Å². The summed E-state index contributed by atoms with van der Waals surface area (Å²) in [6, 6.07) is 15.8. The highest BCUT2D eigenvalue weighted by Gasteiger charge is 2.35. The largest absolute Gasteiger partial charge is 0.497 e. The molecule has 0 N–H and O–H groups in total. The Hall–Kier alpha value is -2.88. The van der Waals surface area contributed by atoms with E-state index in [9.17, 15) is 13.2 Å². The molecule has 1 aliphatic rings. The van der Waals surface area contributed by atoms with Gasteiger partial charge < -0.3 is 14.4 Å². The average Bonchev–Trinajstić information content (AvgIpc) is 3.39. The third-order valence-electron chi connectivity index (χ3n) is 6.49. The molecule has 192 valence electrons. The van der Waals surface area contributed by atoms with Crippen molar-refractivity contribution in [2.75, 3.05) is 33.9 Å². The number of rotatable bonds is 10. The fourth-order valence-electron chi connectivity index (χ4n) is 4.49. The summed E-state index contributed by atoms with van der Waals surface area (Å²) in [4.78, 5) is 17.0. The molecule has 1 aliphatic heterocycles. The van der Waals surface area contributed by atoms with E-state index in [4.69, 9.17) is 9.47 Å². The summed E-state index contributed by atoms with van der Waals surface area (Å²) in [6.45, 7) is 2.61. The van der Waals surface area contributed by atoms with Crippen LogP contribution in [-0.4, -0.2) is 57.4 Å². The molecular formula is C27H32N2O5S2. The number of carbonyl (C=O) groups excluding carboxylic acids is 1. The summed E-state index contributed by atoms with van der Waals surface area (Å²) in [5.41, 5.74) is 2.07. The highest BCUT2D eigenvalue weighted by molar-refractivity contribution is 7.89. The Labute approximate surface area is 217 Å². The minimum atomic E-state index is -3.86. The van der Waals surface area contributed by atoms with Crippen LogP contribution in [0.1, 0.15) is 41.8 Å². The number of methoxy groups -OCH3 is 2. The second-order valence-corrected chi connectivity index (χ2v) is 11.6. The number of hydrogen-bond donors (Lipinski definition) is 0. The molecule has 1 aromatic heterocycles. The quantitative estimate of drug-likeness (QED) is 0.380. The third kappa shape index (κ3) is 5.43. The van der Waals surface area contributed by atoms with Gasteiger partial charge in [-0.2, -0.15) is 4.31 Å². The first kappa shape index (κ1) is 26.2. The topological polar surface area (TPSA) is 76.2 Å². The predicted octanol–water partition coefficient (Wildman–Crippen LogP) is 4.73. The standard InChI is InChI=1S/C27H32N2O5S2/c1-4-5-16-28(36(31,32)23-12-10-22(34-3)11-13-23)19-26(30)29-17-14-25-24(15-18-35-25)27(29)20-6-8-21(33-2)9-7-20/h6-13,15,18,27H,4-5,14,16-17,19H2,1-3H3. The summed E-state index contributed by atoms with van der Waals surface area (Å²) in [5.74, 6) is 1.11. The van der Waals surface area contributed by atoms with Crippen molar-refractivity contribution < 1.29 is 22.7 Å². The highest BCUT2D eigenvalue weighted by Crippen LogP contribution is 2.38. The predicted molar refractivity (Wildman–Crippen MR) is 141 cm³/mol. The van der Waals surface area contributed by atoms with Crippen LogP contribution in [0.4, 0.5) is 0 Å². The number of amides is 1. The third-order valence-corrected chi connectivity index (χ3v) is 9.34. The Bertz CT molecular complexity index is 1270. The van der Waals surface area contributed by atoms with Crippen molar-refractivity contribution in [3.63, 3.8) is 0 Å². The molecular weight excluding hydrogens is 496 g/mol. The van der Waals surface area contributed by atoms with E-state index in [0.29, 0.717) is 18.7 Å². The molecule has 1 atom stereocenters. The van der Waals surface area contributed by atoms with Gasteiger partial charge >= 0.3 is 0 Å². The molecule has 36 heavy (non-hydrogen) atoms. The summed E-state index contributed by atoms with van der Waals surface area (Å²) in [7, 11) is -0.701. The van der Waals surface area contributed by atoms with E-state index in [1.54, 1.807) is 30.6 Å². The molecule has 1 unspecified atom stereocenters. The first-order chi connectivity index (χ1) is 17.4. The molecule has 7 nitrogen and oxygen atoms in total. The van der Waals surface area contributed by atoms with Gasteiger partial charge in [0, 0.05) is 18.0 Å². The lowest BCUT2D eigenvalue weighted by Gasteiger charge is -2.37. The lowest BCUT2D eigenvalue weighted by molar-refractivity contribution is -0.133. The number of ether oxygens (including phenoxy) is 2. The molecule has 0 saturated carbocycles. The van der Waals surface area contributed by atoms with Crippen molar-refractivity contribution in [1.29, 1.82) is 0 Å². The summed E-state index contributed by atoms with van der Waals surface area (Å²) in [5, 5.41) is 2.05. The average molecular weight is 529 g/mol. The van der Waals surface area contributed by atoms with Crippen LogP contribution in [0.3, 0.4) is 0 Å². The van der Waals surface area contributed by atoms with Gasteiger partial charge in [0.15, 0.2) is 0 Å². The van der Waals surface area contributed by atoms with Crippen LogP contribution in [0.15, 0.2) is 64.9 Å². The van der Waals surface area contributed by atoms with E-state index >= 15 is 0 Å². The molecule has 3 aromatic rings. The van der Waals surface area contributed by atoms with Crippen molar-refractivity contribution >= 4 is 27.3 Å². The Kier molecular flexibility index (Phi) is 8.33. The number of carbonyl (C=O) groups is 1. The number of hydrogen-bond acceptors (Lipinski definition) is 6. The first-order valence-electron chi connectivity index (χ1n) is 12.0. The van der Waals surface area contributed by atoms with E-state index < -0.39 is 10.0 Å². The van der Waals surface area contributed by atoms with Crippen LogP contribution in [0.2, 0.25) is 0 Å². The molecule has 0 spiro atoms. The fraction of sp³-hybridized carbons (Fsp3) is 0.370. The maximum Gasteiger partial charge on any atom is 0.243 e. The Balaban J connectivity index is 1.63. The van der Waals surface area contributed by atoms with Gasteiger partial charge in [0.05, 0.1) is 31.7 Å². The molecule has 4 rings (SSSR count). The Morgan fingerprint density at radius 2 is 1.67 bits per heavy atom. The van der Waals surface area contributed by atoms with Crippen molar-refractivity contribution in [2.45, 2.75) is 37.1 Å². The van der Waals surface area contributed by atoms with Gasteiger partial charge in [-0.1, -0.05) is 25.5 Å². The van der Waals surface area contributed by atoms with Crippen LogP contribution in [0.25, 0.3) is 0 Å².